The number of methoxy groups -OCH3 is 2. The van der Waals surface area contributed by atoms with Crippen LogP contribution in [0.3, 0.4) is 0 Å². The molecule has 2 aromatic carbocycles. The molecule has 2 N–H and O–H groups in total. The molecule has 2 aliphatic heterocycles. The average molecular weight is 548 g/mol. The van der Waals surface area contributed by atoms with Crippen LogP contribution in [0, 0.1) is 0 Å². The van der Waals surface area contributed by atoms with E-state index in [-0.39, 0.29) is 36.4 Å². The van der Waals surface area contributed by atoms with Crippen molar-refractivity contribution in [1.82, 2.24) is 10.2 Å². The van der Waals surface area contributed by atoms with Crippen LogP contribution in [0.5, 0.6) is 11.5 Å². The van der Waals surface area contributed by atoms with Crippen LogP contribution in [0.2, 0.25) is 0 Å². The number of rotatable bonds is 9. The van der Waals surface area contributed by atoms with Gasteiger partial charge in [0.15, 0.2) is 5.17 Å². The molecule has 2 aliphatic rings. The number of furan rings is 1. The van der Waals surface area contributed by atoms with Crippen molar-refractivity contribution in [3.05, 3.63) is 72.2 Å². The molecule has 3 heterocycles. The van der Waals surface area contributed by atoms with Crippen LogP contribution in [0.1, 0.15) is 17.7 Å². The first-order chi connectivity index (χ1) is 19.0. The lowest BCUT2D eigenvalue weighted by Crippen LogP contribution is -2.42. The van der Waals surface area contributed by atoms with E-state index in [0.29, 0.717) is 45.2 Å². The highest BCUT2D eigenvalue weighted by molar-refractivity contribution is 8.14. The highest BCUT2D eigenvalue weighted by Gasteiger charge is 2.42. The standard InChI is InChI=1S/C27H25N5O6S/c1-36-16-9-10-22(37-2)20(12-16)29-24(34)15-39-27-31-19-8-4-3-7-18(19)25-30-21(26(35)32(25)27)13-23(33)28-14-17-6-5-11-38-17/h3-12,21H,13-15H2,1-2H3,(H,28,33)(H,29,34)/t21-/m0/s1. The van der Waals surface area contributed by atoms with Gasteiger partial charge in [-0.15, -0.1) is 0 Å². The number of para-hydroxylation sites is 1. The largest absolute Gasteiger partial charge is 0.497 e. The maximum atomic E-state index is 13.4. The fourth-order valence-corrected chi connectivity index (χ4v) is 4.91. The molecule has 3 amide bonds. The molecule has 0 saturated carbocycles. The minimum Gasteiger partial charge on any atom is -0.497 e. The molecule has 0 bridgehead atoms. The van der Waals surface area contributed by atoms with Crippen LogP contribution in [-0.2, 0) is 20.9 Å². The summed E-state index contributed by atoms with van der Waals surface area (Å²) in [5, 5.41) is 5.87. The molecular weight excluding hydrogens is 522 g/mol. The third-order valence-corrected chi connectivity index (χ3v) is 6.92. The van der Waals surface area contributed by atoms with Gasteiger partial charge in [0.2, 0.25) is 11.8 Å². The van der Waals surface area contributed by atoms with Gasteiger partial charge in [-0.25, -0.2) is 9.89 Å². The highest BCUT2D eigenvalue weighted by Crippen LogP contribution is 2.34. The third-order valence-electron chi connectivity index (χ3n) is 5.98. The highest BCUT2D eigenvalue weighted by atomic mass is 32.2. The maximum Gasteiger partial charge on any atom is 0.259 e. The molecule has 5 rings (SSSR count). The van der Waals surface area contributed by atoms with E-state index in [1.54, 1.807) is 30.3 Å². The number of fused-ring (bicyclic) bond motifs is 3. The van der Waals surface area contributed by atoms with Crippen LogP contribution in [0.4, 0.5) is 11.4 Å². The Hall–Kier alpha value is -4.58. The molecule has 12 heteroatoms. The summed E-state index contributed by atoms with van der Waals surface area (Å²) in [4.78, 5) is 49.4. The normalized spacial score (nSPS) is 15.6. The zero-order valence-electron chi connectivity index (χ0n) is 21.2. The lowest BCUT2D eigenvalue weighted by Gasteiger charge is -2.25. The molecule has 1 atom stereocenters. The van der Waals surface area contributed by atoms with Crippen molar-refractivity contribution < 1.29 is 28.3 Å². The van der Waals surface area contributed by atoms with Crippen molar-refractivity contribution in [3.8, 4) is 11.5 Å². The molecule has 0 saturated heterocycles. The van der Waals surface area contributed by atoms with E-state index in [1.165, 1.54) is 25.4 Å². The maximum absolute atomic E-state index is 13.4. The summed E-state index contributed by atoms with van der Waals surface area (Å²) >= 11 is 1.10. The van der Waals surface area contributed by atoms with Crippen LogP contribution in [-0.4, -0.2) is 59.6 Å². The molecular formula is C27H25N5O6S. The van der Waals surface area contributed by atoms with Crippen LogP contribution in [0.15, 0.2) is 75.3 Å². The number of amidine groups is 2. The predicted octanol–water partition coefficient (Wildman–Crippen LogP) is 3.33. The van der Waals surface area contributed by atoms with Crippen molar-refractivity contribution >= 4 is 51.9 Å². The number of thioether (sulfide) groups is 1. The molecule has 11 nitrogen and oxygen atoms in total. The predicted molar refractivity (Wildman–Crippen MR) is 147 cm³/mol. The van der Waals surface area contributed by atoms with Crippen LogP contribution < -0.4 is 20.1 Å². The van der Waals surface area contributed by atoms with E-state index in [9.17, 15) is 14.4 Å². The Morgan fingerprint density at radius 1 is 1.08 bits per heavy atom. The molecule has 0 unspecified atom stereocenters. The minimum absolute atomic E-state index is 0.0350. The first kappa shape index (κ1) is 26.0. The second-order valence-electron chi connectivity index (χ2n) is 8.52. The van der Waals surface area contributed by atoms with E-state index >= 15 is 0 Å². The van der Waals surface area contributed by atoms with E-state index in [2.05, 4.69) is 20.6 Å². The Kier molecular flexibility index (Phi) is 7.64. The average Bonchev–Trinajstić information content (AvgIpc) is 3.59. The van der Waals surface area contributed by atoms with E-state index in [0.717, 1.165) is 11.8 Å². The van der Waals surface area contributed by atoms with Crippen molar-refractivity contribution in [2.75, 3.05) is 25.3 Å². The molecule has 0 spiro atoms. The zero-order chi connectivity index (χ0) is 27.4. The smallest absolute Gasteiger partial charge is 0.259 e. The topological polar surface area (TPSA) is 135 Å². The summed E-state index contributed by atoms with van der Waals surface area (Å²) in [7, 11) is 3.04. The summed E-state index contributed by atoms with van der Waals surface area (Å²) in [6.07, 6.45) is 1.39. The summed E-state index contributed by atoms with van der Waals surface area (Å²) in [5.41, 5.74) is 1.76. The lowest BCUT2D eigenvalue weighted by molar-refractivity contribution is -0.128. The SMILES string of the molecule is COc1ccc(OC)c(NC(=O)CSC2=Nc3ccccc3C3=N[C@@H](CC(=O)NCc4ccco4)C(=O)N23)c1. The molecule has 0 aliphatic carbocycles. The number of ether oxygens (including phenoxy) is 2. The molecule has 1 aromatic heterocycles. The molecule has 39 heavy (non-hydrogen) atoms. The van der Waals surface area contributed by atoms with Crippen molar-refractivity contribution in [2.45, 2.75) is 19.0 Å². The summed E-state index contributed by atoms with van der Waals surface area (Å²) < 4.78 is 15.8. The second-order valence-corrected chi connectivity index (χ2v) is 9.46. The third kappa shape index (κ3) is 5.65. The fourth-order valence-electron chi connectivity index (χ4n) is 4.11. The number of hydrogen-bond donors (Lipinski definition) is 2. The first-order valence-corrected chi connectivity index (χ1v) is 13.0. The Labute approximate surface area is 228 Å². The number of nitrogens with zero attached hydrogens (tertiary/aromatic N) is 3. The number of amides is 3. The molecule has 3 aromatic rings. The number of anilines is 1. The summed E-state index contributed by atoms with van der Waals surface area (Å²) in [6, 6.07) is 14.9. The number of carbonyl (C=O) groups is 3. The van der Waals surface area contributed by atoms with Gasteiger partial charge in [-0.05, 0) is 36.4 Å². The summed E-state index contributed by atoms with van der Waals surface area (Å²) in [5.74, 6) is 0.986. The van der Waals surface area contributed by atoms with E-state index in [1.807, 2.05) is 24.3 Å². The van der Waals surface area contributed by atoms with Gasteiger partial charge in [0.25, 0.3) is 5.91 Å². The Balaban J connectivity index is 1.29. The van der Waals surface area contributed by atoms with Gasteiger partial charge in [0.1, 0.15) is 29.1 Å². The Bertz CT molecular complexity index is 1470. The van der Waals surface area contributed by atoms with Gasteiger partial charge in [-0.3, -0.25) is 19.4 Å². The monoisotopic (exact) mass is 547 g/mol. The molecule has 0 fully saturated rings. The van der Waals surface area contributed by atoms with Gasteiger partial charge in [-0.2, -0.15) is 0 Å². The van der Waals surface area contributed by atoms with E-state index < -0.39 is 6.04 Å². The van der Waals surface area contributed by atoms with Gasteiger partial charge in [-0.1, -0.05) is 23.9 Å². The quantitative estimate of drug-likeness (QED) is 0.420. The molecule has 200 valence electrons. The molecule has 0 radical (unpaired) electrons. The number of hydrogen-bond acceptors (Lipinski definition) is 9. The minimum atomic E-state index is -0.913. The number of aliphatic imine (C=N–C) groups is 2. The van der Waals surface area contributed by atoms with E-state index in [4.69, 9.17) is 13.9 Å². The van der Waals surface area contributed by atoms with Gasteiger partial charge < -0.3 is 24.5 Å². The van der Waals surface area contributed by atoms with Crippen molar-refractivity contribution in [3.63, 3.8) is 0 Å². The summed E-state index contributed by atoms with van der Waals surface area (Å²) in [6.45, 7) is 0.214. The fraction of sp³-hybridized carbons (Fsp3) is 0.222. The first-order valence-electron chi connectivity index (χ1n) is 12.0. The van der Waals surface area contributed by atoms with Gasteiger partial charge >= 0.3 is 0 Å². The number of benzene rings is 2. The lowest BCUT2D eigenvalue weighted by atomic mass is 10.1. The van der Waals surface area contributed by atoms with Crippen molar-refractivity contribution in [2.24, 2.45) is 9.98 Å². The Morgan fingerprint density at radius 3 is 2.69 bits per heavy atom. The zero-order valence-corrected chi connectivity index (χ0v) is 22.0. The van der Waals surface area contributed by atoms with Crippen LogP contribution >= 0.6 is 11.8 Å². The van der Waals surface area contributed by atoms with Crippen molar-refractivity contribution in [1.29, 1.82) is 0 Å². The number of carbonyl (C=O) groups excluding carboxylic acids is 3. The van der Waals surface area contributed by atoms with Gasteiger partial charge in [0.05, 0.1) is 50.6 Å². The number of nitrogens with one attached hydrogen (secondary N) is 2. The second kappa shape index (κ2) is 11.4. The Morgan fingerprint density at radius 2 is 1.92 bits per heavy atom. The van der Waals surface area contributed by atoms with Gasteiger partial charge in [0, 0.05) is 11.6 Å². The van der Waals surface area contributed by atoms with Crippen LogP contribution in [0.25, 0.3) is 0 Å².